The Morgan fingerprint density at radius 3 is 1.04 bits per heavy atom. The second kappa shape index (κ2) is 41.2. The van der Waals surface area contributed by atoms with E-state index in [4.69, 9.17) is 63.9 Å². The topological polar surface area (TPSA) is 476 Å². The van der Waals surface area contributed by atoms with Gasteiger partial charge in [0.25, 0.3) is 47.3 Å². The molecule has 4 aliphatic heterocycles. The van der Waals surface area contributed by atoms with Gasteiger partial charge in [0.05, 0.1) is 192 Å². The summed E-state index contributed by atoms with van der Waals surface area (Å²) in [4.78, 5) is 156. The minimum Gasteiger partial charge on any atom is -0.493 e. The molecule has 4 atom stereocenters. The fraction of sp³-hybridized carbons (Fsp3) is 0.318. The van der Waals surface area contributed by atoms with Crippen LogP contribution < -0.4 is 59.2 Å². The highest BCUT2D eigenvalue weighted by Gasteiger charge is 2.48. The van der Waals surface area contributed by atoms with Gasteiger partial charge in [-0.15, -0.1) is 0 Å². The molecule has 8 aromatic carbocycles. The van der Waals surface area contributed by atoms with E-state index in [1.165, 1.54) is 140 Å². The van der Waals surface area contributed by atoms with Gasteiger partial charge in [-0.2, -0.15) is 0 Å². The Morgan fingerprint density at radius 2 is 0.672 bits per heavy atom. The molecule has 0 saturated heterocycles. The number of rotatable bonds is 32. The van der Waals surface area contributed by atoms with Crippen molar-refractivity contribution in [2.24, 2.45) is 0 Å². The molecule has 4 heterocycles. The molecule has 4 N–H and O–H groups in total. The number of sulfone groups is 4. The molecule has 36 nitrogen and oxygen atoms in total. The van der Waals surface area contributed by atoms with Crippen LogP contribution in [0, 0.1) is 0 Å². The average molecular weight is 1860 g/mol. The van der Waals surface area contributed by atoms with Crippen molar-refractivity contribution in [1.29, 1.82) is 0 Å². The van der Waals surface area contributed by atoms with Crippen molar-refractivity contribution in [3.05, 3.63) is 212 Å². The Hall–Kier alpha value is -13.6. The number of hydrogen-bond acceptors (Lipinski definition) is 28. The van der Waals surface area contributed by atoms with Crippen molar-refractivity contribution < 1.29 is 158 Å². The lowest BCUT2D eigenvalue weighted by Crippen LogP contribution is -2.37. The van der Waals surface area contributed by atoms with Crippen LogP contribution in [-0.4, -0.2) is 227 Å². The molecule has 0 spiro atoms. The number of ether oxygens (including phenoxy) is 8. The Bertz CT molecular complexity index is 7440. The van der Waals surface area contributed by atoms with Gasteiger partial charge in [-0.1, -0.05) is 48.5 Å². The van der Waals surface area contributed by atoms with Crippen molar-refractivity contribution >= 4 is 133 Å². The number of fused-ring (bicyclic) bond motifs is 4. The SMILES string of the molecule is [2H]C([2H])(C)Oc1cc(C(CS(C)(=O)=O)N2C(=O)c3cccc(NC(C)=O)c3C2=O)ccc1OC.[2H]C([2H])(C)Oc1cc(C([2H])(CS(C)(=O)=O)N2C(=O)c3cccc(NC(C)=O)c3C2=O)ccc1OC.[2H]C([2H])(C)Oc1cc(C([2H])(N2C(=O)c3cccc(NC(C)=O)c3C2=O)C([2H])([2H])S(C)(=O)=O)ccc1OC.[2H]c1c([2H])c(NC(C)=O)c2c(c1[2H])C(=O)N(C([2H])(c1c([2H])c([2H])c(OC)c(OC([2H])([2H])C)c1[2H])C([2H])([2H])S(C)(=O)=O)C2=O. The molecule has 8 aromatic rings. The molecule has 40 heteroatoms. The smallest absolute Gasteiger partial charge is 0.264 e. The molecule has 4 unspecified atom stereocenters. The predicted molar refractivity (Wildman–Crippen MR) is 471 cm³/mol. The summed E-state index contributed by atoms with van der Waals surface area (Å²) in [7, 11) is -12.8. The summed E-state index contributed by atoms with van der Waals surface area (Å²) < 4.78 is 315. The zero-order valence-corrected chi connectivity index (χ0v) is 74.0. The van der Waals surface area contributed by atoms with Crippen molar-refractivity contribution in [2.75, 3.05) is 124 Å². The number of hydrogen-bond donors (Lipinski definition) is 4. The molecule has 0 radical (unpaired) electrons. The van der Waals surface area contributed by atoms with E-state index in [0.717, 1.165) is 70.4 Å². The summed E-state index contributed by atoms with van der Waals surface area (Å²) in [6.07, 6.45) is 2.65. The average Bonchev–Trinajstić information content (AvgIpc) is 1.61. The largest absolute Gasteiger partial charge is 0.493 e. The van der Waals surface area contributed by atoms with Crippen LogP contribution in [0.3, 0.4) is 0 Å². The highest BCUT2D eigenvalue weighted by molar-refractivity contribution is 7.91. The van der Waals surface area contributed by atoms with E-state index >= 15 is 0 Å². The highest BCUT2D eigenvalue weighted by Crippen LogP contribution is 2.45. The number of carbonyl (C=O) groups is 12. The standard InChI is InChI=1S/4C22H24N2O7S/c4*1-5-31-19-11-14(9-10-18(19)30-3)17(12-32(4,28)29)24-21(26)15-7-6-8-16(23-13(2)25)20(15)22(24)27/h4*6-11,17H,5,12H2,1-4H3,(H,23,25)/i5D2,6D,7D,8D,9D,10D,11D,12D2,17D;5D2,12D2,17D;5D2,17D;5D2. The van der Waals surface area contributed by atoms with Crippen LogP contribution in [-0.2, 0) is 58.5 Å². The van der Waals surface area contributed by atoms with Crippen molar-refractivity contribution in [2.45, 2.75) is 79.5 Å². The van der Waals surface area contributed by atoms with Crippen molar-refractivity contribution in [1.82, 2.24) is 19.6 Å². The molecule has 0 saturated carbocycles. The summed E-state index contributed by atoms with van der Waals surface area (Å²) in [6.45, 7) is -0.303. The summed E-state index contributed by atoms with van der Waals surface area (Å²) in [5.74, 6) is -15.2. The van der Waals surface area contributed by atoms with Crippen LogP contribution in [0.25, 0.3) is 0 Å². The molecule has 0 aromatic heterocycles. The molecule has 12 amide bonds. The lowest BCUT2D eigenvalue weighted by atomic mass is 10.1. The van der Waals surface area contributed by atoms with E-state index in [2.05, 4.69) is 21.3 Å². The van der Waals surface area contributed by atoms with E-state index < -0.39 is 259 Å². The third-order valence-electron chi connectivity index (χ3n) is 17.7. The third-order valence-corrected chi connectivity index (χ3v) is 20.6. The molecular formula is C88H96N8O28S4. The normalized spacial score (nSPS) is 18.0. The number of nitrogens with one attached hydrogen (secondary N) is 4. The molecule has 0 aliphatic carbocycles. The van der Waals surface area contributed by atoms with E-state index in [0.29, 0.717) is 11.2 Å². The maximum absolute atomic E-state index is 13.9. The summed E-state index contributed by atoms with van der Waals surface area (Å²) in [5.41, 5.74) is -13.0. The number of nitrogens with zero attached hydrogens (tertiary/aromatic N) is 4. The Kier molecular flexibility index (Phi) is 23.0. The first-order chi connectivity index (χ1) is 68.0. The maximum Gasteiger partial charge on any atom is 0.264 e. The van der Waals surface area contributed by atoms with E-state index in [1.807, 2.05) is 0 Å². The van der Waals surface area contributed by atoms with Crippen LogP contribution in [0.1, 0.15) is 213 Å². The zero-order chi connectivity index (χ0) is 113. The third kappa shape index (κ3) is 23.0. The Morgan fingerprint density at radius 1 is 0.352 bits per heavy atom. The summed E-state index contributed by atoms with van der Waals surface area (Å²) >= 11 is 0. The minimum absolute atomic E-state index is 0.0263. The van der Waals surface area contributed by atoms with Crippen LogP contribution in [0.15, 0.2) is 145 Å². The summed E-state index contributed by atoms with van der Waals surface area (Å²) in [5, 5.41) is 9.45. The van der Waals surface area contributed by atoms with E-state index in [9.17, 15) is 93.9 Å². The second-order valence-corrected chi connectivity index (χ2v) is 35.1. The van der Waals surface area contributed by atoms with Crippen LogP contribution >= 0.6 is 0 Å². The van der Waals surface area contributed by atoms with Gasteiger partial charge in [-0.25, -0.2) is 33.7 Å². The fourth-order valence-electron chi connectivity index (χ4n) is 12.9. The molecule has 0 fully saturated rings. The number of amides is 12. The zero-order valence-electron chi connectivity index (χ0n) is 91.7. The van der Waals surface area contributed by atoms with Gasteiger partial charge in [-0.3, -0.25) is 77.1 Å². The lowest BCUT2D eigenvalue weighted by Gasteiger charge is -2.27. The van der Waals surface area contributed by atoms with Crippen molar-refractivity contribution in [3.8, 4) is 46.0 Å². The predicted octanol–water partition coefficient (Wildman–Crippen LogP) is 9.74. The first kappa shape index (κ1) is 71.5. The number of carbonyl (C=O) groups excluding carboxylic acids is 12. The molecule has 4 aliphatic rings. The Labute approximate surface area is 769 Å². The summed E-state index contributed by atoms with van der Waals surface area (Å²) in [6, 6.07) is 6.26. The first-order valence-electron chi connectivity index (χ1n) is 47.4. The second-order valence-electron chi connectivity index (χ2n) is 27.3. The fourth-order valence-corrected chi connectivity index (χ4v) is 15.8. The highest BCUT2D eigenvalue weighted by atomic mass is 32.2. The Balaban J connectivity index is 0.000000221. The van der Waals surface area contributed by atoms with Gasteiger partial charge in [0.2, 0.25) is 23.6 Å². The monoisotopic (exact) mass is 1860 g/mol. The van der Waals surface area contributed by atoms with Gasteiger partial charge in [0.1, 0.15) is 39.3 Å². The van der Waals surface area contributed by atoms with Gasteiger partial charge >= 0.3 is 0 Å². The van der Waals surface area contributed by atoms with Gasteiger partial charge in [-0.05, 0) is 147 Å². The van der Waals surface area contributed by atoms with E-state index in [1.54, 1.807) is 0 Å². The lowest BCUT2D eigenvalue weighted by molar-refractivity contribution is -0.115. The number of methoxy groups -OCH3 is 4. The van der Waals surface area contributed by atoms with Gasteiger partial charge in [0, 0.05) is 58.2 Å². The van der Waals surface area contributed by atoms with Gasteiger partial charge in [0.15, 0.2) is 46.0 Å². The number of benzene rings is 8. The van der Waals surface area contributed by atoms with Crippen LogP contribution in [0.4, 0.5) is 22.7 Å². The number of imide groups is 4. The number of anilines is 4. The van der Waals surface area contributed by atoms with Crippen molar-refractivity contribution in [3.63, 3.8) is 0 Å². The first-order valence-corrected chi connectivity index (χ1v) is 44.9. The molecule has 0 bridgehead atoms. The minimum atomic E-state index is -5.21. The molecule has 12 rings (SSSR count). The van der Waals surface area contributed by atoms with Crippen LogP contribution in [0.2, 0.25) is 0 Å². The van der Waals surface area contributed by atoms with Gasteiger partial charge < -0.3 is 59.2 Å². The molecule has 128 heavy (non-hydrogen) atoms. The van der Waals surface area contributed by atoms with E-state index in [-0.39, 0.29) is 112 Å². The molecular weight excluding hydrogens is 1750 g/mol. The maximum atomic E-state index is 13.9. The molecule has 680 valence electrons. The quantitative estimate of drug-likeness (QED) is 0.0285. The van der Waals surface area contributed by atoms with Crippen LogP contribution in [0.5, 0.6) is 46.0 Å².